The smallest absolute Gasteiger partial charge is 0.132 e. The summed E-state index contributed by atoms with van der Waals surface area (Å²) in [6, 6.07) is 4.01. The second kappa shape index (κ2) is 3.38. The van der Waals surface area contributed by atoms with E-state index in [1.54, 1.807) is 0 Å². The van der Waals surface area contributed by atoms with Gasteiger partial charge in [0.1, 0.15) is 17.6 Å². The first kappa shape index (κ1) is 9.46. The number of aliphatic hydroxyl groups excluding tert-OH is 1. The maximum absolute atomic E-state index is 10.0. The van der Waals surface area contributed by atoms with Crippen LogP contribution in [0.2, 0.25) is 0 Å². The Bertz CT molecular complexity index is 351. The fourth-order valence-electron chi connectivity index (χ4n) is 2.43. The van der Waals surface area contributed by atoms with E-state index in [2.05, 4.69) is 6.92 Å². The Labute approximate surface area is 90.3 Å². The molecular weight excluding hydrogens is 188 g/mol. The predicted molar refractivity (Wildman–Crippen MR) is 57.5 cm³/mol. The van der Waals surface area contributed by atoms with Gasteiger partial charge < -0.3 is 9.52 Å². The summed E-state index contributed by atoms with van der Waals surface area (Å²) in [5.41, 5.74) is 0. The quantitative estimate of drug-likeness (QED) is 0.823. The van der Waals surface area contributed by atoms with Crippen molar-refractivity contribution in [2.75, 3.05) is 0 Å². The molecule has 1 N–H and O–H groups in total. The average Bonchev–Trinajstić information content (AvgIpc) is 2.68. The third-order valence-electron chi connectivity index (χ3n) is 4.01. The summed E-state index contributed by atoms with van der Waals surface area (Å²) in [6.07, 6.45) is 4.44. The minimum absolute atomic E-state index is 0.360. The normalized spacial score (nSPS) is 32.4. The van der Waals surface area contributed by atoms with E-state index < -0.39 is 0 Å². The van der Waals surface area contributed by atoms with E-state index in [-0.39, 0.29) is 6.10 Å². The van der Waals surface area contributed by atoms with Crippen molar-refractivity contribution in [1.29, 1.82) is 0 Å². The van der Waals surface area contributed by atoms with Crippen molar-refractivity contribution < 1.29 is 9.52 Å². The van der Waals surface area contributed by atoms with Crippen LogP contribution in [0, 0.1) is 11.8 Å². The molecule has 1 aromatic rings. The van der Waals surface area contributed by atoms with Gasteiger partial charge in [-0.1, -0.05) is 13.3 Å². The lowest BCUT2D eigenvalue weighted by Gasteiger charge is -2.28. The Morgan fingerprint density at radius 3 is 2.67 bits per heavy atom. The van der Waals surface area contributed by atoms with Gasteiger partial charge in [0.2, 0.25) is 0 Å². The molecule has 0 spiro atoms. The van der Waals surface area contributed by atoms with Crippen LogP contribution < -0.4 is 0 Å². The van der Waals surface area contributed by atoms with Gasteiger partial charge in [-0.05, 0) is 43.2 Å². The maximum atomic E-state index is 10.0. The van der Waals surface area contributed by atoms with Crippen molar-refractivity contribution in [3.63, 3.8) is 0 Å². The third-order valence-corrected chi connectivity index (χ3v) is 4.01. The molecule has 0 bridgehead atoms. The van der Waals surface area contributed by atoms with Crippen molar-refractivity contribution in [2.45, 2.75) is 44.6 Å². The number of rotatable bonds is 3. The molecule has 0 amide bonds. The molecule has 3 atom stereocenters. The van der Waals surface area contributed by atoms with Crippen LogP contribution in [-0.4, -0.2) is 5.11 Å². The number of hydrogen-bond acceptors (Lipinski definition) is 2. The zero-order chi connectivity index (χ0) is 10.4. The molecule has 2 aliphatic carbocycles. The fourth-order valence-corrected chi connectivity index (χ4v) is 2.43. The molecule has 2 saturated carbocycles. The van der Waals surface area contributed by atoms with Crippen molar-refractivity contribution in [2.24, 2.45) is 11.8 Å². The van der Waals surface area contributed by atoms with Crippen LogP contribution in [0.1, 0.15) is 56.1 Å². The molecule has 0 aromatic carbocycles. The molecule has 15 heavy (non-hydrogen) atoms. The highest BCUT2D eigenvalue weighted by molar-refractivity contribution is 5.19. The highest BCUT2D eigenvalue weighted by Crippen LogP contribution is 2.48. The van der Waals surface area contributed by atoms with Gasteiger partial charge in [-0.2, -0.15) is 0 Å². The van der Waals surface area contributed by atoms with Crippen LogP contribution in [0.4, 0.5) is 0 Å². The summed E-state index contributed by atoms with van der Waals surface area (Å²) in [5.74, 6) is 3.70. The van der Waals surface area contributed by atoms with Crippen LogP contribution in [-0.2, 0) is 0 Å². The summed E-state index contributed by atoms with van der Waals surface area (Å²) in [4.78, 5) is 0. The predicted octanol–water partition coefficient (Wildman–Crippen LogP) is 3.24. The van der Waals surface area contributed by atoms with E-state index >= 15 is 0 Å². The monoisotopic (exact) mass is 206 g/mol. The van der Waals surface area contributed by atoms with Gasteiger partial charge >= 0.3 is 0 Å². The Kier molecular flexibility index (Phi) is 2.13. The minimum atomic E-state index is -0.360. The molecule has 2 heteroatoms. The molecule has 2 fully saturated rings. The van der Waals surface area contributed by atoms with Crippen LogP contribution in [0.5, 0.6) is 0 Å². The van der Waals surface area contributed by atoms with E-state index in [1.807, 2.05) is 12.1 Å². The van der Waals surface area contributed by atoms with Crippen LogP contribution in [0.25, 0.3) is 0 Å². The number of aliphatic hydroxyl groups is 1. The average molecular weight is 206 g/mol. The highest BCUT2D eigenvalue weighted by Gasteiger charge is 2.37. The summed E-state index contributed by atoms with van der Waals surface area (Å²) >= 11 is 0. The Morgan fingerprint density at radius 1 is 1.40 bits per heavy atom. The lowest BCUT2D eigenvalue weighted by Crippen LogP contribution is -2.19. The second-order valence-corrected chi connectivity index (χ2v) is 5.20. The molecule has 2 aliphatic rings. The van der Waals surface area contributed by atoms with Crippen LogP contribution >= 0.6 is 0 Å². The Balaban J connectivity index is 1.72. The van der Waals surface area contributed by atoms with Gasteiger partial charge in [-0.15, -0.1) is 0 Å². The first-order chi connectivity index (χ1) is 7.25. The largest absolute Gasteiger partial charge is 0.463 e. The maximum Gasteiger partial charge on any atom is 0.132 e. The van der Waals surface area contributed by atoms with E-state index in [1.165, 1.54) is 12.8 Å². The lowest BCUT2D eigenvalue weighted by atomic mass is 9.80. The standard InChI is InChI=1S/C13H18O2/c1-8-7-10(8)11-5-6-12(15-11)13(14)9-3-2-4-9/h5-6,8-10,13-14H,2-4,7H2,1H3. The van der Waals surface area contributed by atoms with Crippen molar-refractivity contribution in [3.05, 3.63) is 23.7 Å². The van der Waals surface area contributed by atoms with Crippen molar-refractivity contribution >= 4 is 0 Å². The summed E-state index contributed by atoms with van der Waals surface area (Å²) < 4.78 is 5.75. The topological polar surface area (TPSA) is 33.4 Å². The van der Waals surface area contributed by atoms with Gasteiger partial charge in [0.05, 0.1) is 0 Å². The van der Waals surface area contributed by atoms with Crippen molar-refractivity contribution in [1.82, 2.24) is 0 Å². The van der Waals surface area contributed by atoms with Crippen LogP contribution in [0.15, 0.2) is 16.5 Å². The van der Waals surface area contributed by atoms with E-state index in [9.17, 15) is 5.11 Å². The molecule has 1 heterocycles. The van der Waals surface area contributed by atoms with E-state index in [0.29, 0.717) is 11.8 Å². The van der Waals surface area contributed by atoms with Gasteiger partial charge in [0, 0.05) is 5.92 Å². The minimum Gasteiger partial charge on any atom is -0.463 e. The molecule has 2 nitrogen and oxygen atoms in total. The van der Waals surface area contributed by atoms with Crippen LogP contribution in [0.3, 0.4) is 0 Å². The first-order valence-electron chi connectivity index (χ1n) is 6.03. The summed E-state index contributed by atoms with van der Waals surface area (Å²) in [6.45, 7) is 2.25. The fraction of sp³-hybridized carbons (Fsp3) is 0.692. The first-order valence-corrected chi connectivity index (χ1v) is 6.03. The molecule has 0 aliphatic heterocycles. The molecule has 0 saturated heterocycles. The second-order valence-electron chi connectivity index (χ2n) is 5.20. The van der Waals surface area contributed by atoms with Gasteiger partial charge in [0.25, 0.3) is 0 Å². The van der Waals surface area contributed by atoms with Gasteiger partial charge in [-0.3, -0.25) is 0 Å². The molecule has 0 radical (unpaired) electrons. The summed E-state index contributed by atoms with van der Waals surface area (Å²) in [7, 11) is 0. The highest BCUT2D eigenvalue weighted by atomic mass is 16.4. The van der Waals surface area contributed by atoms with Gasteiger partial charge in [-0.25, -0.2) is 0 Å². The molecule has 1 aromatic heterocycles. The number of furan rings is 1. The molecule has 3 rings (SSSR count). The molecular formula is C13H18O2. The molecule has 82 valence electrons. The zero-order valence-electron chi connectivity index (χ0n) is 9.15. The van der Waals surface area contributed by atoms with E-state index in [4.69, 9.17) is 4.42 Å². The van der Waals surface area contributed by atoms with E-state index in [0.717, 1.165) is 30.3 Å². The SMILES string of the molecule is CC1CC1c1ccc(C(O)C2CCC2)o1. The van der Waals surface area contributed by atoms with Gasteiger partial charge in [0.15, 0.2) is 0 Å². The third kappa shape index (κ3) is 1.61. The Hall–Kier alpha value is -0.760. The Morgan fingerprint density at radius 2 is 2.13 bits per heavy atom. The summed E-state index contributed by atoms with van der Waals surface area (Å²) in [5, 5.41) is 10.0. The number of hydrogen-bond donors (Lipinski definition) is 1. The zero-order valence-corrected chi connectivity index (χ0v) is 9.15. The lowest BCUT2D eigenvalue weighted by molar-refractivity contribution is 0.0435. The molecule has 3 unspecified atom stereocenters. The van der Waals surface area contributed by atoms with Crippen molar-refractivity contribution in [3.8, 4) is 0 Å².